The second-order valence-corrected chi connectivity index (χ2v) is 6.85. The Kier molecular flexibility index (Phi) is 5.62. The highest BCUT2D eigenvalue weighted by Crippen LogP contribution is 2.33. The number of methoxy groups -OCH3 is 2. The number of alkyl halides is 3. The molecule has 2 aromatic carbocycles. The van der Waals surface area contributed by atoms with E-state index >= 15 is 0 Å². The lowest BCUT2D eigenvalue weighted by Crippen LogP contribution is -2.16. The third-order valence-electron chi connectivity index (χ3n) is 4.80. The second kappa shape index (κ2) is 8.41. The Morgan fingerprint density at radius 3 is 2.39 bits per heavy atom. The topological polar surface area (TPSA) is 77.8 Å². The summed E-state index contributed by atoms with van der Waals surface area (Å²) in [5, 5.41) is 6.32. The number of carbonyl (C=O) groups is 1. The summed E-state index contributed by atoms with van der Waals surface area (Å²) >= 11 is 0. The van der Waals surface area contributed by atoms with Crippen molar-refractivity contribution in [3.63, 3.8) is 0 Å². The molecular formula is C22H16F4N4O3. The molecule has 2 aromatic heterocycles. The van der Waals surface area contributed by atoms with Gasteiger partial charge in [0.15, 0.2) is 11.3 Å². The molecule has 0 fully saturated rings. The maximum absolute atomic E-state index is 13.7. The maximum Gasteiger partial charge on any atom is 0.433 e. The summed E-state index contributed by atoms with van der Waals surface area (Å²) in [6.07, 6.45) is -3.79. The van der Waals surface area contributed by atoms with E-state index in [1.165, 1.54) is 32.4 Å². The molecule has 0 radical (unpaired) electrons. The van der Waals surface area contributed by atoms with Crippen LogP contribution < -0.4 is 14.8 Å². The van der Waals surface area contributed by atoms with Gasteiger partial charge in [-0.3, -0.25) is 4.79 Å². The van der Waals surface area contributed by atoms with E-state index in [2.05, 4.69) is 15.4 Å². The standard InChI is InChI=1S/C22H16F4N4O3/c1-32-14-7-8-16(18(9-14)33-2)29-21(31)15-11-27-30-19(22(24,25)26)10-17(28-20(15)30)12-3-5-13(23)6-4-12/h3-11H,1-2H3,(H,29,31). The number of nitrogens with one attached hydrogen (secondary N) is 1. The van der Waals surface area contributed by atoms with Gasteiger partial charge in [-0.05, 0) is 42.5 Å². The van der Waals surface area contributed by atoms with E-state index in [1.54, 1.807) is 12.1 Å². The van der Waals surface area contributed by atoms with Gasteiger partial charge in [0, 0.05) is 11.6 Å². The molecule has 0 aliphatic rings. The van der Waals surface area contributed by atoms with Crippen LogP contribution in [0.15, 0.2) is 54.7 Å². The number of rotatable bonds is 5. The highest BCUT2D eigenvalue weighted by Gasteiger charge is 2.36. The zero-order valence-corrected chi connectivity index (χ0v) is 17.3. The van der Waals surface area contributed by atoms with E-state index in [0.29, 0.717) is 10.3 Å². The number of benzene rings is 2. The van der Waals surface area contributed by atoms with Gasteiger partial charge in [-0.1, -0.05) is 0 Å². The number of hydrogen-bond acceptors (Lipinski definition) is 5. The summed E-state index contributed by atoms with van der Waals surface area (Å²) in [6.45, 7) is 0. The molecule has 0 saturated heterocycles. The van der Waals surface area contributed by atoms with Crippen LogP contribution in [0, 0.1) is 5.82 Å². The quantitative estimate of drug-likeness (QED) is 0.432. The number of fused-ring (bicyclic) bond motifs is 1. The minimum absolute atomic E-state index is 0.0913. The molecule has 7 nitrogen and oxygen atoms in total. The lowest BCUT2D eigenvalue weighted by Gasteiger charge is -2.13. The lowest BCUT2D eigenvalue weighted by molar-refractivity contribution is -0.142. The summed E-state index contributed by atoms with van der Waals surface area (Å²) in [5.41, 5.74) is -1.21. The average molecular weight is 460 g/mol. The first-order chi connectivity index (χ1) is 15.7. The van der Waals surface area contributed by atoms with E-state index in [9.17, 15) is 22.4 Å². The Hall–Kier alpha value is -4.15. The lowest BCUT2D eigenvalue weighted by atomic mass is 10.1. The molecule has 0 saturated carbocycles. The third-order valence-corrected chi connectivity index (χ3v) is 4.80. The Labute approximate surface area is 184 Å². The number of halogens is 4. The normalized spacial score (nSPS) is 11.5. The van der Waals surface area contributed by atoms with Crippen molar-refractivity contribution < 1.29 is 31.8 Å². The van der Waals surface area contributed by atoms with Crippen LogP contribution in [0.3, 0.4) is 0 Å². The van der Waals surface area contributed by atoms with Gasteiger partial charge in [0.05, 0.1) is 31.8 Å². The van der Waals surface area contributed by atoms with Crippen molar-refractivity contribution in [1.29, 1.82) is 0 Å². The molecule has 4 rings (SSSR count). The highest BCUT2D eigenvalue weighted by molar-refractivity contribution is 6.09. The van der Waals surface area contributed by atoms with Crippen LogP contribution in [-0.2, 0) is 6.18 Å². The molecular weight excluding hydrogens is 444 g/mol. The molecule has 4 aromatic rings. The molecule has 11 heteroatoms. The average Bonchev–Trinajstić information content (AvgIpc) is 3.22. The van der Waals surface area contributed by atoms with E-state index in [1.807, 2.05) is 0 Å². The van der Waals surface area contributed by atoms with Crippen molar-refractivity contribution in [2.75, 3.05) is 19.5 Å². The van der Waals surface area contributed by atoms with Crippen LogP contribution >= 0.6 is 0 Å². The van der Waals surface area contributed by atoms with E-state index in [-0.39, 0.29) is 33.9 Å². The fraction of sp³-hybridized carbons (Fsp3) is 0.136. The summed E-state index contributed by atoms with van der Waals surface area (Å²) in [4.78, 5) is 17.2. The minimum atomic E-state index is -4.78. The first-order valence-corrected chi connectivity index (χ1v) is 9.46. The number of amides is 1. The second-order valence-electron chi connectivity index (χ2n) is 6.85. The van der Waals surface area contributed by atoms with Gasteiger partial charge in [-0.25, -0.2) is 13.9 Å². The zero-order chi connectivity index (χ0) is 23.8. The van der Waals surface area contributed by atoms with Crippen LogP contribution in [0.1, 0.15) is 16.1 Å². The Morgan fingerprint density at radius 1 is 1.03 bits per heavy atom. The van der Waals surface area contributed by atoms with E-state index < -0.39 is 23.6 Å². The van der Waals surface area contributed by atoms with Gasteiger partial charge in [0.25, 0.3) is 5.91 Å². The molecule has 0 spiro atoms. The predicted molar refractivity (Wildman–Crippen MR) is 111 cm³/mol. The van der Waals surface area contributed by atoms with Crippen LogP contribution in [-0.4, -0.2) is 34.7 Å². The van der Waals surface area contributed by atoms with E-state index in [0.717, 1.165) is 24.4 Å². The fourth-order valence-electron chi connectivity index (χ4n) is 3.18. The number of aromatic nitrogens is 3. The Bertz CT molecular complexity index is 1330. The van der Waals surface area contributed by atoms with Crippen LogP contribution in [0.25, 0.3) is 16.9 Å². The molecule has 0 bridgehead atoms. The first kappa shape index (κ1) is 22.1. The van der Waals surface area contributed by atoms with Crippen molar-refractivity contribution in [3.8, 4) is 22.8 Å². The van der Waals surface area contributed by atoms with Gasteiger partial charge in [0.1, 0.15) is 22.9 Å². The van der Waals surface area contributed by atoms with Crippen LogP contribution in [0.5, 0.6) is 11.5 Å². The Morgan fingerprint density at radius 2 is 1.76 bits per heavy atom. The molecule has 0 aliphatic carbocycles. The minimum Gasteiger partial charge on any atom is -0.497 e. The fourth-order valence-corrected chi connectivity index (χ4v) is 3.18. The van der Waals surface area contributed by atoms with Gasteiger partial charge in [-0.15, -0.1) is 0 Å². The van der Waals surface area contributed by atoms with Crippen molar-refractivity contribution in [2.24, 2.45) is 0 Å². The number of ether oxygens (including phenoxy) is 2. The molecule has 33 heavy (non-hydrogen) atoms. The van der Waals surface area contributed by atoms with Gasteiger partial charge >= 0.3 is 6.18 Å². The number of nitrogens with zero attached hydrogens (tertiary/aromatic N) is 3. The van der Waals surface area contributed by atoms with Crippen molar-refractivity contribution >= 4 is 17.2 Å². The first-order valence-electron chi connectivity index (χ1n) is 9.46. The summed E-state index contributed by atoms with van der Waals surface area (Å²) < 4.78 is 65.3. The van der Waals surface area contributed by atoms with Gasteiger partial charge in [-0.2, -0.15) is 18.3 Å². The summed E-state index contributed by atoms with van der Waals surface area (Å²) in [6, 6.07) is 10.3. The number of carbonyl (C=O) groups excluding carboxylic acids is 1. The van der Waals surface area contributed by atoms with E-state index in [4.69, 9.17) is 9.47 Å². The third kappa shape index (κ3) is 4.29. The van der Waals surface area contributed by atoms with Crippen molar-refractivity contribution in [1.82, 2.24) is 14.6 Å². The molecule has 2 heterocycles. The maximum atomic E-state index is 13.7. The highest BCUT2D eigenvalue weighted by atomic mass is 19.4. The zero-order valence-electron chi connectivity index (χ0n) is 17.3. The molecule has 0 unspecified atom stereocenters. The molecule has 1 N–H and O–H groups in total. The molecule has 0 atom stereocenters. The van der Waals surface area contributed by atoms with Crippen LogP contribution in [0.2, 0.25) is 0 Å². The smallest absolute Gasteiger partial charge is 0.433 e. The summed E-state index contributed by atoms with van der Waals surface area (Å²) in [7, 11) is 2.86. The van der Waals surface area contributed by atoms with Crippen LogP contribution in [0.4, 0.5) is 23.2 Å². The van der Waals surface area contributed by atoms with Gasteiger partial charge < -0.3 is 14.8 Å². The van der Waals surface area contributed by atoms with Crippen molar-refractivity contribution in [2.45, 2.75) is 6.18 Å². The predicted octanol–water partition coefficient (Wildman–Crippen LogP) is 4.82. The van der Waals surface area contributed by atoms with Crippen molar-refractivity contribution in [3.05, 3.63) is 71.8 Å². The monoisotopic (exact) mass is 460 g/mol. The Balaban J connectivity index is 1.81. The largest absolute Gasteiger partial charge is 0.497 e. The number of anilines is 1. The molecule has 170 valence electrons. The molecule has 0 aliphatic heterocycles. The molecule has 1 amide bonds. The number of hydrogen-bond donors (Lipinski definition) is 1. The summed E-state index contributed by atoms with van der Waals surface area (Å²) in [5.74, 6) is -0.518. The SMILES string of the molecule is COc1ccc(NC(=O)c2cnn3c(C(F)(F)F)cc(-c4ccc(F)cc4)nc23)c(OC)c1. The van der Waals surface area contributed by atoms with Gasteiger partial charge in [0.2, 0.25) is 0 Å².